The number of anilines is 1. The van der Waals surface area contributed by atoms with Crippen LogP contribution in [0.3, 0.4) is 0 Å². The van der Waals surface area contributed by atoms with Gasteiger partial charge in [-0.25, -0.2) is 0 Å². The molecule has 1 amide bonds. The normalized spacial score (nSPS) is 13.9. The minimum absolute atomic E-state index is 0.200. The maximum Gasteiger partial charge on any atom is 0.272 e. The first-order valence-electron chi connectivity index (χ1n) is 7.48. The summed E-state index contributed by atoms with van der Waals surface area (Å²) in [6.45, 7) is 0.402. The van der Waals surface area contributed by atoms with Gasteiger partial charge in [0.05, 0.1) is 18.4 Å². The first kappa shape index (κ1) is 13.7. The van der Waals surface area contributed by atoms with Crippen LogP contribution < -0.4 is 5.32 Å². The summed E-state index contributed by atoms with van der Waals surface area (Å²) in [7, 11) is 0. The number of nitrogens with one attached hydrogen (secondary N) is 1. The Balaban J connectivity index is 1.49. The van der Waals surface area contributed by atoms with Crippen molar-refractivity contribution >= 4 is 11.6 Å². The van der Waals surface area contributed by atoms with E-state index in [1.54, 1.807) is 35.2 Å². The van der Waals surface area contributed by atoms with Crippen molar-refractivity contribution in [2.75, 3.05) is 5.32 Å². The molecular weight excluding hydrogens is 294 g/mol. The third-order valence-corrected chi connectivity index (χ3v) is 3.70. The fourth-order valence-electron chi connectivity index (χ4n) is 2.37. The van der Waals surface area contributed by atoms with E-state index < -0.39 is 0 Å². The molecule has 3 aromatic rings. The van der Waals surface area contributed by atoms with Crippen LogP contribution >= 0.6 is 0 Å². The van der Waals surface area contributed by atoms with E-state index >= 15 is 0 Å². The highest BCUT2D eigenvalue weighted by Gasteiger charge is 2.29. The number of nitrogens with zero attached hydrogens (tertiary/aromatic N) is 4. The van der Waals surface area contributed by atoms with Crippen LogP contribution in [0.25, 0.3) is 0 Å². The lowest BCUT2D eigenvalue weighted by Gasteiger charge is -2.07. The number of carbonyl (C=O) groups excluding carboxylic acids is 1. The summed E-state index contributed by atoms with van der Waals surface area (Å²) < 4.78 is 7.05. The topological polar surface area (TPSA) is 85.8 Å². The second-order valence-electron chi connectivity index (χ2n) is 5.54. The van der Waals surface area contributed by atoms with Crippen molar-refractivity contribution in [3.05, 3.63) is 60.3 Å². The average Bonchev–Trinajstić information content (AvgIpc) is 3.13. The Labute approximate surface area is 132 Å². The van der Waals surface area contributed by atoms with Gasteiger partial charge in [0, 0.05) is 18.3 Å². The van der Waals surface area contributed by atoms with E-state index in [0.29, 0.717) is 35.6 Å². The van der Waals surface area contributed by atoms with E-state index in [2.05, 4.69) is 20.4 Å². The molecule has 0 bridgehead atoms. The molecule has 23 heavy (non-hydrogen) atoms. The predicted octanol–water partition coefficient (Wildman–Crippen LogP) is 2.44. The summed E-state index contributed by atoms with van der Waals surface area (Å²) in [5.41, 5.74) is 1.19. The molecule has 1 saturated carbocycles. The Hall–Kier alpha value is -2.96. The highest BCUT2D eigenvalue weighted by atomic mass is 16.5. The van der Waals surface area contributed by atoms with Crippen LogP contribution in [0.4, 0.5) is 5.69 Å². The fraction of sp³-hybridized carbons (Fsp3) is 0.250. The third kappa shape index (κ3) is 2.98. The highest BCUT2D eigenvalue weighted by Crippen LogP contribution is 2.38. The van der Waals surface area contributed by atoms with E-state index in [-0.39, 0.29) is 5.91 Å². The van der Waals surface area contributed by atoms with Crippen molar-refractivity contribution in [3.63, 3.8) is 0 Å². The fourth-order valence-corrected chi connectivity index (χ4v) is 2.37. The molecule has 1 fully saturated rings. The van der Waals surface area contributed by atoms with E-state index in [0.717, 1.165) is 12.8 Å². The molecule has 3 heterocycles. The number of carbonyl (C=O) groups is 1. The summed E-state index contributed by atoms with van der Waals surface area (Å²) in [5, 5.41) is 6.81. The maximum absolute atomic E-state index is 12.4. The van der Waals surface area contributed by atoms with Crippen molar-refractivity contribution in [2.24, 2.45) is 0 Å². The van der Waals surface area contributed by atoms with Crippen molar-refractivity contribution in [1.29, 1.82) is 0 Å². The van der Waals surface area contributed by atoms with Gasteiger partial charge in [-0.2, -0.15) is 4.98 Å². The summed E-state index contributed by atoms with van der Waals surface area (Å²) in [6, 6.07) is 7.14. The summed E-state index contributed by atoms with van der Waals surface area (Å²) in [5.74, 6) is 1.51. The van der Waals surface area contributed by atoms with Gasteiger partial charge >= 0.3 is 0 Å². The van der Waals surface area contributed by atoms with Gasteiger partial charge in [0.2, 0.25) is 5.89 Å². The lowest BCUT2D eigenvalue weighted by atomic mass is 10.3. The average molecular weight is 309 g/mol. The first-order chi connectivity index (χ1) is 11.3. The van der Waals surface area contributed by atoms with E-state index in [4.69, 9.17) is 4.52 Å². The van der Waals surface area contributed by atoms with E-state index in [9.17, 15) is 4.79 Å². The Morgan fingerprint density at radius 3 is 3.04 bits per heavy atom. The van der Waals surface area contributed by atoms with Crippen LogP contribution in [-0.4, -0.2) is 25.6 Å². The first-order valence-corrected chi connectivity index (χ1v) is 7.48. The monoisotopic (exact) mass is 309 g/mol. The Morgan fingerprint density at radius 2 is 2.26 bits per heavy atom. The summed E-state index contributed by atoms with van der Waals surface area (Å²) in [6.07, 6.45) is 7.32. The Morgan fingerprint density at radius 1 is 1.35 bits per heavy atom. The summed E-state index contributed by atoms with van der Waals surface area (Å²) in [4.78, 5) is 20.8. The molecule has 0 aliphatic heterocycles. The Kier molecular flexibility index (Phi) is 3.38. The molecule has 1 N–H and O–H groups in total. The lowest BCUT2D eigenvalue weighted by Crippen LogP contribution is -2.17. The van der Waals surface area contributed by atoms with Crippen LogP contribution in [0.1, 0.15) is 41.0 Å². The number of hydrogen-bond donors (Lipinski definition) is 1. The number of pyridine rings is 1. The number of amides is 1. The number of rotatable bonds is 5. The van der Waals surface area contributed by atoms with Crippen LogP contribution in [-0.2, 0) is 6.54 Å². The number of aromatic nitrogens is 4. The van der Waals surface area contributed by atoms with Crippen molar-refractivity contribution in [2.45, 2.75) is 25.3 Å². The molecule has 0 spiro atoms. The molecular formula is C16H15N5O2. The predicted molar refractivity (Wildman–Crippen MR) is 82.0 cm³/mol. The van der Waals surface area contributed by atoms with Gasteiger partial charge in [-0.1, -0.05) is 5.16 Å². The van der Waals surface area contributed by atoms with Gasteiger partial charge in [-0.3, -0.25) is 9.78 Å². The zero-order valence-corrected chi connectivity index (χ0v) is 12.3. The molecule has 116 valence electrons. The van der Waals surface area contributed by atoms with Gasteiger partial charge in [0.1, 0.15) is 5.69 Å². The third-order valence-electron chi connectivity index (χ3n) is 3.70. The van der Waals surface area contributed by atoms with Gasteiger partial charge < -0.3 is 14.4 Å². The standard InChI is InChI=1S/C16H15N5O2/c22-15(18-12-3-1-7-17-9-12)13-4-2-8-21(13)10-14-19-16(23-20-14)11-5-6-11/h1-4,7-9,11H,5-6,10H2,(H,18,22). The molecule has 7 heteroatoms. The second-order valence-corrected chi connectivity index (χ2v) is 5.54. The van der Waals surface area contributed by atoms with Crippen LogP contribution in [0, 0.1) is 0 Å². The highest BCUT2D eigenvalue weighted by molar-refractivity contribution is 6.03. The second kappa shape index (κ2) is 5.68. The maximum atomic E-state index is 12.4. The molecule has 0 saturated heterocycles. The molecule has 1 aliphatic carbocycles. The zero-order chi connectivity index (χ0) is 15.6. The summed E-state index contributed by atoms with van der Waals surface area (Å²) >= 11 is 0. The van der Waals surface area contributed by atoms with Crippen molar-refractivity contribution in [3.8, 4) is 0 Å². The van der Waals surface area contributed by atoms with Crippen molar-refractivity contribution in [1.82, 2.24) is 19.7 Å². The van der Waals surface area contributed by atoms with Crippen molar-refractivity contribution < 1.29 is 9.32 Å². The van der Waals surface area contributed by atoms with Gasteiger partial charge in [0.15, 0.2) is 5.82 Å². The van der Waals surface area contributed by atoms with Crippen LogP contribution in [0.15, 0.2) is 47.4 Å². The minimum atomic E-state index is -0.200. The minimum Gasteiger partial charge on any atom is -0.339 e. The SMILES string of the molecule is O=C(Nc1cccnc1)c1cccn1Cc1noc(C2CC2)n1. The molecule has 7 nitrogen and oxygen atoms in total. The quantitative estimate of drug-likeness (QED) is 0.782. The molecule has 0 aromatic carbocycles. The molecule has 3 aromatic heterocycles. The van der Waals surface area contributed by atoms with Gasteiger partial charge in [-0.05, 0) is 37.1 Å². The smallest absolute Gasteiger partial charge is 0.272 e. The molecule has 1 aliphatic rings. The largest absolute Gasteiger partial charge is 0.339 e. The number of hydrogen-bond acceptors (Lipinski definition) is 5. The molecule has 0 atom stereocenters. The lowest BCUT2D eigenvalue weighted by molar-refractivity contribution is 0.101. The molecule has 4 rings (SSSR count). The van der Waals surface area contributed by atoms with Gasteiger partial charge in [-0.15, -0.1) is 0 Å². The van der Waals surface area contributed by atoms with E-state index in [1.807, 2.05) is 12.3 Å². The van der Waals surface area contributed by atoms with Crippen LogP contribution in [0.5, 0.6) is 0 Å². The van der Waals surface area contributed by atoms with Crippen LogP contribution in [0.2, 0.25) is 0 Å². The molecule has 0 radical (unpaired) electrons. The van der Waals surface area contributed by atoms with Gasteiger partial charge in [0.25, 0.3) is 5.91 Å². The Bertz CT molecular complexity index is 820. The zero-order valence-electron chi connectivity index (χ0n) is 12.3. The molecule has 0 unspecified atom stereocenters. The van der Waals surface area contributed by atoms with E-state index in [1.165, 1.54) is 0 Å².